The molecule has 1 saturated carbocycles. The second-order valence-corrected chi connectivity index (χ2v) is 6.90. The standard InChI is InChI=1S/C19H19N3O2S/c1-24-17-12-22(16-5-3-2-4-6-16)20-18(17)19(23)21(15-7-8-15)11-14-9-10-25-13-14/h2-6,9-10,12-13,15H,7-8,11H2,1H3. The first-order chi connectivity index (χ1) is 12.3. The molecule has 25 heavy (non-hydrogen) atoms. The van der Waals surface area contributed by atoms with Gasteiger partial charge in [0.2, 0.25) is 0 Å². The van der Waals surface area contributed by atoms with Crippen molar-refractivity contribution in [3.8, 4) is 11.4 Å². The van der Waals surface area contributed by atoms with Gasteiger partial charge in [0.15, 0.2) is 11.4 Å². The van der Waals surface area contributed by atoms with Crippen LogP contribution in [-0.4, -0.2) is 33.7 Å². The molecule has 0 atom stereocenters. The SMILES string of the molecule is COc1cn(-c2ccccc2)nc1C(=O)N(Cc1ccsc1)C1CC1. The molecule has 4 rings (SSSR count). The fraction of sp³-hybridized carbons (Fsp3) is 0.263. The molecule has 5 nitrogen and oxygen atoms in total. The Morgan fingerprint density at radius 2 is 2.12 bits per heavy atom. The van der Waals surface area contributed by atoms with Gasteiger partial charge in [-0.25, -0.2) is 4.68 Å². The van der Waals surface area contributed by atoms with E-state index >= 15 is 0 Å². The summed E-state index contributed by atoms with van der Waals surface area (Å²) < 4.78 is 7.12. The molecule has 1 amide bonds. The van der Waals surface area contributed by atoms with Gasteiger partial charge in [-0.2, -0.15) is 16.4 Å². The van der Waals surface area contributed by atoms with E-state index in [2.05, 4.69) is 16.5 Å². The maximum Gasteiger partial charge on any atom is 0.278 e. The number of para-hydroxylation sites is 1. The second kappa shape index (κ2) is 6.72. The summed E-state index contributed by atoms with van der Waals surface area (Å²) in [6, 6.07) is 12.1. The van der Waals surface area contributed by atoms with Gasteiger partial charge in [0.25, 0.3) is 5.91 Å². The second-order valence-electron chi connectivity index (χ2n) is 6.12. The van der Waals surface area contributed by atoms with Crippen LogP contribution in [0.1, 0.15) is 28.9 Å². The van der Waals surface area contributed by atoms with E-state index in [0.29, 0.717) is 24.0 Å². The van der Waals surface area contributed by atoms with Crippen molar-refractivity contribution in [3.05, 3.63) is 64.6 Å². The van der Waals surface area contributed by atoms with E-state index in [-0.39, 0.29) is 5.91 Å². The zero-order valence-corrected chi connectivity index (χ0v) is 14.8. The molecule has 2 heterocycles. The molecule has 1 fully saturated rings. The van der Waals surface area contributed by atoms with Crippen molar-refractivity contribution in [1.82, 2.24) is 14.7 Å². The normalized spacial score (nSPS) is 13.6. The summed E-state index contributed by atoms with van der Waals surface area (Å²) in [6.07, 6.45) is 3.87. The quantitative estimate of drug-likeness (QED) is 0.678. The molecule has 1 aliphatic rings. The zero-order valence-electron chi connectivity index (χ0n) is 14.0. The van der Waals surface area contributed by atoms with Crippen LogP contribution in [0, 0.1) is 0 Å². The minimum absolute atomic E-state index is 0.0692. The molecule has 3 aromatic rings. The van der Waals surface area contributed by atoms with Crippen molar-refractivity contribution in [2.24, 2.45) is 0 Å². The highest BCUT2D eigenvalue weighted by atomic mass is 32.1. The van der Waals surface area contributed by atoms with Crippen molar-refractivity contribution in [2.75, 3.05) is 7.11 Å². The highest BCUT2D eigenvalue weighted by Gasteiger charge is 2.35. The molecule has 1 aromatic carbocycles. The van der Waals surface area contributed by atoms with E-state index < -0.39 is 0 Å². The van der Waals surface area contributed by atoms with Crippen LogP contribution in [0.15, 0.2) is 53.4 Å². The maximum atomic E-state index is 13.2. The summed E-state index contributed by atoms with van der Waals surface area (Å²) in [5, 5.41) is 8.64. The van der Waals surface area contributed by atoms with E-state index in [1.54, 1.807) is 29.3 Å². The minimum Gasteiger partial charge on any atom is -0.493 e. The number of nitrogens with zero attached hydrogens (tertiary/aromatic N) is 3. The van der Waals surface area contributed by atoms with Crippen LogP contribution in [0.5, 0.6) is 5.75 Å². The van der Waals surface area contributed by atoms with Gasteiger partial charge in [-0.3, -0.25) is 4.79 Å². The van der Waals surface area contributed by atoms with Crippen molar-refractivity contribution in [1.29, 1.82) is 0 Å². The van der Waals surface area contributed by atoms with Crippen molar-refractivity contribution >= 4 is 17.2 Å². The number of rotatable bonds is 6. The van der Waals surface area contributed by atoms with Gasteiger partial charge >= 0.3 is 0 Å². The van der Waals surface area contributed by atoms with E-state index in [9.17, 15) is 4.79 Å². The van der Waals surface area contributed by atoms with Crippen LogP contribution in [0.3, 0.4) is 0 Å². The smallest absolute Gasteiger partial charge is 0.278 e. The van der Waals surface area contributed by atoms with Crippen molar-refractivity contribution < 1.29 is 9.53 Å². The summed E-state index contributed by atoms with van der Waals surface area (Å²) in [5.41, 5.74) is 2.43. The summed E-state index contributed by atoms with van der Waals surface area (Å²) in [7, 11) is 1.57. The number of aromatic nitrogens is 2. The number of carbonyl (C=O) groups is 1. The third-order valence-electron chi connectivity index (χ3n) is 4.31. The first-order valence-electron chi connectivity index (χ1n) is 8.27. The van der Waals surface area contributed by atoms with E-state index in [1.165, 1.54) is 0 Å². The number of carbonyl (C=O) groups excluding carboxylic acids is 1. The van der Waals surface area contributed by atoms with E-state index in [0.717, 1.165) is 24.1 Å². The molecule has 0 N–H and O–H groups in total. The van der Waals surface area contributed by atoms with Crippen LogP contribution < -0.4 is 4.74 Å². The zero-order chi connectivity index (χ0) is 17.2. The average molecular weight is 353 g/mol. The predicted octanol–water partition coefficient (Wildman–Crippen LogP) is 3.75. The highest BCUT2D eigenvalue weighted by Crippen LogP contribution is 2.32. The predicted molar refractivity (Wildman–Crippen MR) is 97.3 cm³/mol. The highest BCUT2D eigenvalue weighted by molar-refractivity contribution is 7.07. The number of ether oxygens (including phenoxy) is 1. The topological polar surface area (TPSA) is 47.4 Å². The summed E-state index contributed by atoms with van der Waals surface area (Å²) in [5.74, 6) is 0.435. The van der Waals surface area contributed by atoms with Crippen molar-refractivity contribution in [2.45, 2.75) is 25.4 Å². The lowest BCUT2D eigenvalue weighted by Gasteiger charge is -2.21. The molecule has 6 heteroatoms. The number of amides is 1. The molecule has 0 bridgehead atoms. The monoisotopic (exact) mass is 353 g/mol. The van der Waals surface area contributed by atoms with Gasteiger partial charge in [-0.05, 0) is 47.4 Å². The molecular formula is C19H19N3O2S. The number of hydrogen-bond donors (Lipinski definition) is 0. The minimum atomic E-state index is -0.0692. The Morgan fingerprint density at radius 1 is 1.32 bits per heavy atom. The Kier molecular flexibility index (Phi) is 4.28. The first-order valence-corrected chi connectivity index (χ1v) is 9.21. The number of hydrogen-bond acceptors (Lipinski definition) is 4. The molecule has 0 saturated heterocycles. The van der Waals surface area contributed by atoms with Crippen LogP contribution in [0.25, 0.3) is 5.69 Å². The average Bonchev–Trinajstić information content (AvgIpc) is 3.19. The lowest BCUT2D eigenvalue weighted by molar-refractivity contribution is 0.0720. The first kappa shape index (κ1) is 15.9. The molecule has 128 valence electrons. The Hall–Kier alpha value is -2.60. The Bertz CT molecular complexity index is 854. The third kappa shape index (κ3) is 3.30. The number of benzene rings is 1. The number of thiophene rings is 1. The molecule has 0 aliphatic heterocycles. The Balaban J connectivity index is 1.65. The molecule has 1 aliphatic carbocycles. The lowest BCUT2D eigenvalue weighted by Crippen LogP contribution is -2.33. The Morgan fingerprint density at radius 3 is 2.76 bits per heavy atom. The van der Waals surface area contributed by atoms with Crippen molar-refractivity contribution in [3.63, 3.8) is 0 Å². The van der Waals surface area contributed by atoms with Crippen LogP contribution in [0.2, 0.25) is 0 Å². The summed E-state index contributed by atoms with van der Waals surface area (Å²) in [6.45, 7) is 0.619. The molecule has 0 unspecified atom stereocenters. The van der Waals surface area contributed by atoms with Gasteiger partial charge in [0, 0.05) is 12.6 Å². The van der Waals surface area contributed by atoms with Crippen LogP contribution >= 0.6 is 11.3 Å². The summed E-state index contributed by atoms with van der Waals surface area (Å²) >= 11 is 1.65. The fourth-order valence-corrected chi connectivity index (χ4v) is 3.50. The van der Waals surface area contributed by atoms with Crippen LogP contribution in [0.4, 0.5) is 0 Å². The summed E-state index contributed by atoms with van der Waals surface area (Å²) in [4.78, 5) is 15.1. The van der Waals surface area contributed by atoms with E-state index in [4.69, 9.17) is 4.74 Å². The number of methoxy groups -OCH3 is 1. The van der Waals surface area contributed by atoms with Crippen LogP contribution in [-0.2, 0) is 6.54 Å². The largest absolute Gasteiger partial charge is 0.493 e. The lowest BCUT2D eigenvalue weighted by atomic mass is 10.2. The molecule has 0 radical (unpaired) electrons. The van der Waals surface area contributed by atoms with Gasteiger partial charge < -0.3 is 9.64 Å². The van der Waals surface area contributed by atoms with Gasteiger partial charge in [-0.1, -0.05) is 18.2 Å². The fourth-order valence-electron chi connectivity index (χ4n) is 2.84. The molecule has 2 aromatic heterocycles. The third-order valence-corrected chi connectivity index (χ3v) is 5.04. The van der Waals surface area contributed by atoms with Gasteiger partial charge in [-0.15, -0.1) is 0 Å². The molecular weight excluding hydrogens is 334 g/mol. The van der Waals surface area contributed by atoms with E-state index in [1.807, 2.05) is 40.6 Å². The van der Waals surface area contributed by atoms with Gasteiger partial charge in [0.05, 0.1) is 19.0 Å². The maximum absolute atomic E-state index is 13.2. The van der Waals surface area contributed by atoms with Gasteiger partial charge in [0.1, 0.15) is 0 Å². The molecule has 0 spiro atoms. The Labute approximate surface area is 150 Å².